The minimum atomic E-state index is 0.164. The number of hydrogen-bond donors (Lipinski definition) is 2. The lowest BCUT2D eigenvalue weighted by atomic mass is 10.0. The smallest absolute Gasteiger partial charge is 0.224 e. The van der Waals surface area contributed by atoms with E-state index in [1.165, 1.54) is 31.4 Å². The topological polar surface area (TPSA) is 62.2 Å². The first kappa shape index (κ1) is 20.9. The molecule has 0 radical (unpaired) electrons. The van der Waals surface area contributed by atoms with Crippen molar-refractivity contribution in [1.82, 2.24) is 15.1 Å². The molecule has 1 saturated carbocycles. The molecule has 6 heteroatoms. The maximum atomic E-state index is 12.4. The number of amides is 1. The summed E-state index contributed by atoms with van der Waals surface area (Å²) in [6, 6.07) is 10.9. The molecule has 0 atom stereocenters. The lowest BCUT2D eigenvalue weighted by molar-refractivity contribution is -0.117. The van der Waals surface area contributed by atoms with E-state index in [0.29, 0.717) is 18.4 Å². The molecular formula is C24H35N5O. The second-order valence-corrected chi connectivity index (χ2v) is 8.79. The van der Waals surface area contributed by atoms with Gasteiger partial charge in [0.05, 0.1) is 0 Å². The van der Waals surface area contributed by atoms with E-state index in [-0.39, 0.29) is 5.91 Å². The van der Waals surface area contributed by atoms with Crippen molar-refractivity contribution in [3.05, 3.63) is 42.7 Å². The number of aromatic nitrogens is 2. The fourth-order valence-electron chi connectivity index (χ4n) is 4.79. The van der Waals surface area contributed by atoms with Crippen LogP contribution in [0.15, 0.2) is 42.7 Å². The summed E-state index contributed by atoms with van der Waals surface area (Å²) < 4.78 is 1.99. The number of nitrogens with one attached hydrogen (secondary N) is 2. The first-order valence-corrected chi connectivity index (χ1v) is 11.6. The van der Waals surface area contributed by atoms with Crippen LogP contribution in [0.4, 0.5) is 11.4 Å². The quantitative estimate of drug-likeness (QED) is 0.614. The number of aryl methyl sites for hydroxylation is 1. The predicted octanol–water partition coefficient (Wildman–Crippen LogP) is 4.05. The summed E-state index contributed by atoms with van der Waals surface area (Å²) in [4.78, 5) is 14.8. The maximum absolute atomic E-state index is 12.4. The van der Waals surface area contributed by atoms with Gasteiger partial charge in [-0.05, 0) is 68.8 Å². The van der Waals surface area contributed by atoms with Crippen molar-refractivity contribution in [1.29, 1.82) is 0 Å². The highest BCUT2D eigenvalue weighted by molar-refractivity contribution is 5.91. The average molecular weight is 410 g/mol. The number of piperidine rings is 1. The van der Waals surface area contributed by atoms with Crippen molar-refractivity contribution in [2.24, 2.45) is 5.92 Å². The van der Waals surface area contributed by atoms with Crippen molar-refractivity contribution in [3.8, 4) is 0 Å². The molecule has 0 bridgehead atoms. The maximum Gasteiger partial charge on any atom is 0.224 e. The van der Waals surface area contributed by atoms with Crippen LogP contribution in [0.5, 0.6) is 0 Å². The van der Waals surface area contributed by atoms with Gasteiger partial charge in [0.15, 0.2) is 0 Å². The van der Waals surface area contributed by atoms with E-state index in [1.54, 1.807) is 0 Å². The molecule has 2 N–H and O–H groups in total. The minimum Gasteiger partial charge on any atom is -0.371 e. The van der Waals surface area contributed by atoms with E-state index < -0.39 is 0 Å². The summed E-state index contributed by atoms with van der Waals surface area (Å²) >= 11 is 0. The van der Waals surface area contributed by atoms with Crippen molar-refractivity contribution in [2.75, 3.05) is 29.9 Å². The second-order valence-electron chi connectivity index (χ2n) is 8.79. The molecule has 2 fully saturated rings. The molecule has 2 heterocycles. The van der Waals surface area contributed by atoms with Gasteiger partial charge >= 0.3 is 0 Å². The number of hydrogen-bond acceptors (Lipinski definition) is 4. The molecule has 1 aliphatic carbocycles. The SMILES string of the molecule is O=C(CC1CCCC1)Nc1cccc(N2CCC(NCCCn3cccn3)CC2)c1. The van der Waals surface area contributed by atoms with Crippen LogP contribution in [-0.4, -0.2) is 41.4 Å². The van der Waals surface area contributed by atoms with Crippen LogP contribution in [-0.2, 0) is 11.3 Å². The molecule has 1 aliphatic heterocycles. The molecule has 1 saturated heterocycles. The van der Waals surface area contributed by atoms with Crippen molar-refractivity contribution >= 4 is 17.3 Å². The van der Waals surface area contributed by atoms with Gasteiger partial charge in [0.1, 0.15) is 0 Å². The molecule has 30 heavy (non-hydrogen) atoms. The molecular weight excluding hydrogens is 374 g/mol. The number of carbonyl (C=O) groups excluding carboxylic acids is 1. The number of nitrogens with zero attached hydrogens (tertiary/aromatic N) is 3. The summed E-state index contributed by atoms with van der Waals surface area (Å²) in [7, 11) is 0. The molecule has 1 amide bonds. The number of carbonyl (C=O) groups is 1. The van der Waals surface area contributed by atoms with E-state index in [0.717, 1.165) is 51.1 Å². The van der Waals surface area contributed by atoms with E-state index in [2.05, 4.69) is 38.8 Å². The third kappa shape index (κ3) is 6.08. The predicted molar refractivity (Wildman–Crippen MR) is 122 cm³/mol. The average Bonchev–Trinajstić information content (AvgIpc) is 3.46. The lowest BCUT2D eigenvalue weighted by Crippen LogP contribution is -2.43. The van der Waals surface area contributed by atoms with Gasteiger partial charge in [-0.1, -0.05) is 18.9 Å². The number of benzene rings is 1. The Balaban J connectivity index is 1.18. The van der Waals surface area contributed by atoms with Gasteiger partial charge in [0, 0.05) is 55.9 Å². The Labute approximate surface area is 180 Å². The van der Waals surface area contributed by atoms with Crippen molar-refractivity contribution < 1.29 is 4.79 Å². The Morgan fingerprint density at radius 1 is 1.10 bits per heavy atom. The van der Waals surface area contributed by atoms with E-state index >= 15 is 0 Å². The zero-order valence-corrected chi connectivity index (χ0v) is 17.9. The summed E-state index contributed by atoms with van der Waals surface area (Å²) in [5.41, 5.74) is 2.14. The highest BCUT2D eigenvalue weighted by Gasteiger charge is 2.20. The van der Waals surface area contributed by atoms with Crippen LogP contribution in [0.3, 0.4) is 0 Å². The third-order valence-corrected chi connectivity index (χ3v) is 6.50. The highest BCUT2D eigenvalue weighted by atomic mass is 16.1. The zero-order chi connectivity index (χ0) is 20.6. The lowest BCUT2D eigenvalue weighted by Gasteiger charge is -2.34. The summed E-state index contributed by atoms with van der Waals surface area (Å²) in [6.45, 7) is 4.11. The summed E-state index contributed by atoms with van der Waals surface area (Å²) in [5.74, 6) is 0.747. The summed E-state index contributed by atoms with van der Waals surface area (Å²) in [5, 5.41) is 11.1. The van der Waals surface area contributed by atoms with Gasteiger partial charge in [-0.25, -0.2) is 0 Å². The highest BCUT2D eigenvalue weighted by Crippen LogP contribution is 2.28. The first-order chi connectivity index (χ1) is 14.8. The van der Waals surface area contributed by atoms with Gasteiger partial charge in [0.2, 0.25) is 5.91 Å². The molecule has 6 nitrogen and oxygen atoms in total. The van der Waals surface area contributed by atoms with Crippen molar-refractivity contribution in [3.63, 3.8) is 0 Å². The zero-order valence-electron chi connectivity index (χ0n) is 17.9. The molecule has 162 valence electrons. The minimum absolute atomic E-state index is 0.164. The largest absolute Gasteiger partial charge is 0.371 e. The van der Waals surface area contributed by atoms with E-state index in [4.69, 9.17) is 0 Å². The molecule has 1 aromatic carbocycles. The normalized spacial score (nSPS) is 18.1. The summed E-state index contributed by atoms with van der Waals surface area (Å²) in [6.07, 6.45) is 12.9. The van der Waals surface area contributed by atoms with Crippen LogP contribution in [0.1, 0.15) is 51.4 Å². The van der Waals surface area contributed by atoms with Crippen LogP contribution in [0.25, 0.3) is 0 Å². The Morgan fingerprint density at radius 3 is 2.70 bits per heavy atom. The van der Waals surface area contributed by atoms with E-state index in [1.807, 2.05) is 29.2 Å². The van der Waals surface area contributed by atoms with Crippen LogP contribution >= 0.6 is 0 Å². The molecule has 1 aromatic heterocycles. The molecule has 2 aliphatic rings. The van der Waals surface area contributed by atoms with Gasteiger partial charge in [-0.15, -0.1) is 0 Å². The van der Waals surface area contributed by atoms with Gasteiger partial charge in [0.25, 0.3) is 0 Å². The molecule has 4 rings (SSSR count). The Hall–Kier alpha value is -2.34. The van der Waals surface area contributed by atoms with Gasteiger partial charge in [-0.2, -0.15) is 5.10 Å². The Bertz CT molecular complexity index is 777. The van der Waals surface area contributed by atoms with Crippen LogP contribution in [0, 0.1) is 5.92 Å². The monoisotopic (exact) mass is 409 g/mol. The molecule has 0 spiro atoms. The Morgan fingerprint density at radius 2 is 1.93 bits per heavy atom. The van der Waals surface area contributed by atoms with Crippen molar-refractivity contribution in [2.45, 2.75) is 64.0 Å². The number of anilines is 2. The number of rotatable bonds is 9. The first-order valence-electron chi connectivity index (χ1n) is 11.6. The van der Waals surface area contributed by atoms with Crippen LogP contribution < -0.4 is 15.5 Å². The Kier molecular flexibility index (Phi) is 7.40. The fourth-order valence-corrected chi connectivity index (χ4v) is 4.79. The molecule has 0 unspecified atom stereocenters. The molecule has 2 aromatic rings. The van der Waals surface area contributed by atoms with Gasteiger partial charge < -0.3 is 15.5 Å². The standard InChI is InChI=1S/C24H35N5O/c30-24(18-20-6-1-2-7-20)27-22-8-3-9-23(19-22)28-16-10-21(11-17-28)25-12-4-14-29-15-5-13-26-29/h3,5,8-9,13,15,19-21,25H,1-2,4,6-7,10-12,14,16-18H2,(H,27,30). The van der Waals surface area contributed by atoms with Gasteiger partial charge in [-0.3, -0.25) is 9.48 Å². The fraction of sp³-hybridized carbons (Fsp3) is 0.583. The van der Waals surface area contributed by atoms with Crippen LogP contribution in [0.2, 0.25) is 0 Å². The van der Waals surface area contributed by atoms with E-state index in [9.17, 15) is 4.79 Å². The second kappa shape index (κ2) is 10.6. The third-order valence-electron chi connectivity index (χ3n) is 6.50.